The zero-order valence-electron chi connectivity index (χ0n) is 12.9. The molecule has 122 valence electrons. The van der Waals surface area contributed by atoms with Crippen molar-refractivity contribution in [3.8, 4) is 0 Å². The van der Waals surface area contributed by atoms with Crippen LogP contribution in [0.2, 0.25) is 0 Å². The average molecular weight is 349 g/mol. The van der Waals surface area contributed by atoms with E-state index >= 15 is 0 Å². The molecule has 1 aromatic heterocycles. The number of carbonyl (C=O) groups excluding carboxylic acids is 1. The van der Waals surface area contributed by atoms with Gasteiger partial charge in [-0.2, -0.15) is 0 Å². The molecule has 2 aromatic rings. The highest BCUT2D eigenvalue weighted by atomic mass is 32.2. The van der Waals surface area contributed by atoms with E-state index in [1.54, 1.807) is 11.0 Å². The molecule has 3 rings (SSSR count). The summed E-state index contributed by atoms with van der Waals surface area (Å²) in [5, 5.41) is 1.41. The van der Waals surface area contributed by atoms with Gasteiger partial charge in [0, 0.05) is 23.5 Å². The molecule has 0 bridgehead atoms. The van der Waals surface area contributed by atoms with E-state index in [1.165, 1.54) is 11.3 Å². The topological polar surface area (TPSA) is 54.5 Å². The van der Waals surface area contributed by atoms with Gasteiger partial charge < -0.3 is 4.90 Å². The molecule has 1 saturated heterocycles. The number of carbonyl (C=O) groups is 1. The summed E-state index contributed by atoms with van der Waals surface area (Å²) in [7, 11) is -3.23. The van der Waals surface area contributed by atoms with Crippen molar-refractivity contribution in [2.45, 2.75) is 18.6 Å². The fraction of sp³-hybridized carbons (Fsp3) is 0.353. The van der Waals surface area contributed by atoms with Crippen molar-refractivity contribution in [2.24, 2.45) is 0 Å². The molecule has 2 heterocycles. The standard InChI is InChI=1S/C17H19NO3S2/c1-13-5-2-3-6-14(13)17(19)18-9-8-16(15-7-4-11-22-15)23(20,21)12-10-18/h2-7,11,16H,8-10,12H2,1H3. The van der Waals surface area contributed by atoms with Crippen LogP contribution < -0.4 is 0 Å². The Hall–Kier alpha value is -1.66. The fourth-order valence-corrected chi connectivity index (χ4v) is 5.93. The summed E-state index contributed by atoms with van der Waals surface area (Å²) in [6.07, 6.45) is 0.459. The number of rotatable bonds is 2. The Morgan fingerprint density at radius 2 is 1.96 bits per heavy atom. The Labute approximate surface area is 140 Å². The summed E-state index contributed by atoms with van der Waals surface area (Å²) in [4.78, 5) is 15.3. The first-order chi connectivity index (χ1) is 11.0. The highest BCUT2D eigenvalue weighted by molar-refractivity contribution is 7.91. The zero-order chi connectivity index (χ0) is 16.4. The van der Waals surface area contributed by atoms with E-state index in [2.05, 4.69) is 0 Å². The van der Waals surface area contributed by atoms with Gasteiger partial charge in [0.1, 0.15) is 0 Å². The lowest BCUT2D eigenvalue weighted by Crippen LogP contribution is -2.34. The van der Waals surface area contributed by atoms with Gasteiger partial charge >= 0.3 is 0 Å². The minimum Gasteiger partial charge on any atom is -0.338 e. The quantitative estimate of drug-likeness (QED) is 0.837. The number of nitrogens with zero attached hydrogens (tertiary/aromatic N) is 1. The Balaban J connectivity index is 1.83. The van der Waals surface area contributed by atoms with E-state index in [4.69, 9.17) is 0 Å². The molecule has 1 atom stereocenters. The van der Waals surface area contributed by atoms with E-state index in [9.17, 15) is 13.2 Å². The predicted octanol–water partition coefficient (Wildman–Crippen LogP) is 3.06. The predicted molar refractivity (Wildman–Crippen MR) is 92.5 cm³/mol. The zero-order valence-corrected chi connectivity index (χ0v) is 14.6. The summed E-state index contributed by atoms with van der Waals surface area (Å²) in [5.41, 5.74) is 1.57. The van der Waals surface area contributed by atoms with Gasteiger partial charge in [-0.25, -0.2) is 8.42 Å². The second-order valence-corrected chi connectivity index (χ2v) is 9.05. The smallest absolute Gasteiger partial charge is 0.254 e. The lowest BCUT2D eigenvalue weighted by atomic mass is 10.1. The number of thiophene rings is 1. The van der Waals surface area contributed by atoms with Crippen molar-refractivity contribution in [3.05, 3.63) is 57.8 Å². The van der Waals surface area contributed by atoms with Gasteiger partial charge in [0.15, 0.2) is 9.84 Å². The Morgan fingerprint density at radius 1 is 1.17 bits per heavy atom. The van der Waals surface area contributed by atoms with Crippen LogP contribution in [-0.4, -0.2) is 38.1 Å². The van der Waals surface area contributed by atoms with Crippen LogP contribution >= 0.6 is 11.3 Å². The van der Waals surface area contributed by atoms with Gasteiger partial charge in [0.25, 0.3) is 5.91 Å². The third-order valence-electron chi connectivity index (χ3n) is 4.26. The molecule has 6 heteroatoms. The highest BCUT2D eigenvalue weighted by Crippen LogP contribution is 2.32. The normalized spacial score (nSPS) is 20.9. The number of hydrogen-bond acceptors (Lipinski definition) is 4. The van der Waals surface area contributed by atoms with Gasteiger partial charge in [-0.15, -0.1) is 11.3 Å². The van der Waals surface area contributed by atoms with Crippen LogP contribution in [0.4, 0.5) is 0 Å². The second kappa shape index (κ2) is 6.45. The van der Waals surface area contributed by atoms with Crippen LogP contribution in [0.15, 0.2) is 41.8 Å². The molecular weight excluding hydrogens is 330 g/mol. The monoisotopic (exact) mass is 349 g/mol. The number of sulfone groups is 1. The lowest BCUT2D eigenvalue weighted by molar-refractivity contribution is 0.0766. The van der Waals surface area contributed by atoms with Crippen molar-refractivity contribution in [3.63, 3.8) is 0 Å². The number of hydrogen-bond donors (Lipinski definition) is 0. The minimum atomic E-state index is -3.23. The van der Waals surface area contributed by atoms with Gasteiger partial charge in [-0.05, 0) is 36.4 Å². The maximum absolute atomic E-state index is 12.7. The average Bonchev–Trinajstić information content (AvgIpc) is 2.99. The summed E-state index contributed by atoms with van der Waals surface area (Å²) in [6, 6.07) is 11.2. The van der Waals surface area contributed by atoms with Crippen molar-refractivity contribution in [1.82, 2.24) is 4.90 Å². The summed E-state index contributed by atoms with van der Waals surface area (Å²) in [5.74, 6) is -0.0576. The third kappa shape index (κ3) is 3.33. The highest BCUT2D eigenvalue weighted by Gasteiger charge is 2.33. The summed E-state index contributed by atoms with van der Waals surface area (Å²) in [6.45, 7) is 2.63. The molecule has 1 aliphatic heterocycles. The molecule has 0 radical (unpaired) electrons. The molecule has 23 heavy (non-hydrogen) atoms. The van der Waals surface area contributed by atoms with Gasteiger partial charge in [0.2, 0.25) is 0 Å². The van der Waals surface area contributed by atoms with Gasteiger partial charge in [-0.1, -0.05) is 24.3 Å². The minimum absolute atomic E-state index is 0.0210. The number of aryl methyl sites for hydroxylation is 1. The third-order valence-corrected chi connectivity index (χ3v) is 7.51. The summed E-state index contributed by atoms with van der Waals surface area (Å²) >= 11 is 1.47. The molecule has 0 aliphatic carbocycles. The molecule has 1 aliphatic rings. The maximum Gasteiger partial charge on any atom is 0.254 e. The van der Waals surface area contributed by atoms with Crippen LogP contribution in [0.5, 0.6) is 0 Å². The molecule has 0 saturated carbocycles. The number of amides is 1. The first kappa shape index (κ1) is 16.2. The Kier molecular flexibility index (Phi) is 4.55. The Morgan fingerprint density at radius 3 is 2.65 bits per heavy atom. The largest absolute Gasteiger partial charge is 0.338 e. The van der Waals surface area contributed by atoms with E-state index in [0.29, 0.717) is 18.5 Å². The van der Waals surface area contributed by atoms with Crippen molar-refractivity contribution in [1.29, 1.82) is 0 Å². The molecule has 1 fully saturated rings. The molecule has 0 N–H and O–H groups in total. The Bertz CT molecular complexity index is 797. The van der Waals surface area contributed by atoms with Gasteiger partial charge in [-0.3, -0.25) is 4.79 Å². The van der Waals surface area contributed by atoms with Crippen molar-refractivity contribution in [2.75, 3.05) is 18.8 Å². The maximum atomic E-state index is 12.7. The molecule has 4 nitrogen and oxygen atoms in total. The second-order valence-electron chi connectivity index (χ2n) is 5.77. The summed E-state index contributed by atoms with van der Waals surface area (Å²) < 4.78 is 25.1. The van der Waals surface area contributed by atoms with Gasteiger partial charge in [0.05, 0.1) is 11.0 Å². The van der Waals surface area contributed by atoms with E-state index < -0.39 is 15.1 Å². The van der Waals surface area contributed by atoms with Crippen LogP contribution in [0.25, 0.3) is 0 Å². The van der Waals surface area contributed by atoms with E-state index in [-0.39, 0.29) is 18.2 Å². The lowest BCUT2D eigenvalue weighted by Gasteiger charge is -2.21. The molecule has 0 spiro atoms. The fourth-order valence-electron chi connectivity index (χ4n) is 2.92. The molecule has 1 unspecified atom stereocenters. The van der Waals surface area contributed by atoms with Crippen LogP contribution in [-0.2, 0) is 9.84 Å². The molecular formula is C17H19NO3S2. The van der Waals surface area contributed by atoms with Crippen molar-refractivity contribution < 1.29 is 13.2 Å². The molecule has 1 aromatic carbocycles. The van der Waals surface area contributed by atoms with Crippen LogP contribution in [0, 0.1) is 6.92 Å². The van der Waals surface area contributed by atoms with E-state index in [0.717, 1.165) is 10.4 Å². The van der Waals surface area contributed by atoms with Crippen LogP contribution in [0.3, 0.4) is 0 Å². The van der Waals surface area contributed by atoms with Crippen molar-refractivity contribution >= 4 is 27.1 Å². The first-order valence-corrected chi connectivity index (χ1v) is 10.2. The van der Waals surface area contributed by atoms with Crippen LogP contribution in [0.1, 0.15) is 32.5 Å². The SMILES string of the molecule is Cc1ccccc1C(=O)N1CCC(c2cccs2)S(=O)(=O)CC1. The van der Waals surface area contributed by atoms with E-state index in [1.807, 2.05) is 42.6 Å². The molecule has 1 amide bonds. The first-order valence-electron chi connectivity index (χ1n) is 7.59. The number of benzene rings is 1.